The van der Waals surface area contributed by atoms with Crippen LogP contribution in [-0.2, 0) is 35.8 Å². The maximum absolute atomic E-state index is 12.0. The Morgan fingerprint density at radius 2 is 2.05 bits per heavy atom. The Labute approximate surface area is 125 Å². The normalized spacial score (nSPS) is 11.7. The van der Waals surface area contributed by atoms with Crippen LogP contribution in [0.15, 0.2) is 36.5 Å². The third-order valence-electron chi connectivity index (χ3n) is 3.21. The van der Waals surface area contributed by atoms with Gasteiger partial charge in [-0.05, 0) is 17.2 Å². The molecule has 6 nitrogen and oxygen atoms in total. The Hall–Kier alpha value is -1.70. The second-order valence-electron chi connectivity index (χ2n) is 4.87. The zero-order chi connectivity index (χ0) is 15.3. The molecule has 7 heteroatoms. The molecule has 0 amide bonds. The van der Waals surface area contributed by atoms with E-state index in [1.165, 1.54) is 0 Å². The van der Waals surface area contributed by atoms with E-state index in [2.05, 4.69) is 9.82 Å². The smallest absolute Gasteiger partial charge is 0.215 e. The van der Waals surface area contributed by atoms with E-state index in [-0.39, 0.29) is 5.75 Å². The summed E-state index contributed by atoms with van der Waals surface area (Å²) in [6.07, 6.45) is 2.31. The fourth-order valence-electron chi connectivity index (χ4n) is 2.10. The van der Waals surface area contributed by atoms with E-state index < -0.39 is 10.0 Å². The van der Waals surface area contributed by atoms with Gasteiger partial charge in [-0.2, -0.15) is 5.10 Å². The van der Waals surface area contributed by atoms with Gasteiger partial charge in [-0.1, -0.05) is 24.3 Å². The lowest BCUT2D eigenvalue weighted by Gasteiger charge is -2.08. The fraction of sp³-hybridized carbons (Fsp3) is 0.357. The van der Waals surface area contributed by atoms with Crippen molar-refractivity contribution in [3.05, 3.63) is 53.3 Å². The number of benzene rings is 1. The Morgan fingerprint density at radius 1 is 1.29 bits per heavy atom. The van der Waals surface area contributed by atoms with Gasteiger partial charge in [0.25, 0.3) is 0 Å². The van der Waals surface area contributed by atoms with E-state index in [0.717, 1.165) is 16.8 Å². The maximum atomic E-state index is 12.0. The first-order valence-electron chi connectivity index (χ1n) is 6.72. The van der Waals surface area contributed by atoms with Crippen LogP contribution in [0.3, 0.4) is 0 Å². The van der Waals surface area contributed by atoms with Crippen LogP contribution < -0.4 is 10.5 Å². The molecule has 21 heavy (non-hydrogen) atoms. The topological polar surface area (TPSA) is 90.0 Å². The van der Waals surface area contributed by atoms with Crippen LogP contribution in [-0.4, -0.2) is 24.7 Å². The minimum absolute atomic E-state index is 0.0355. The molecular weight excluding hydrogens is 288 g/mol. The van der Waals surface area contributed by atoms with E-state index in [0.29, 0.717) is 19.5 Å². The molecule has 0 saturated heterocycles. The Bertz CT molecular complexity index is 695. The van der Waals surface area contributed by atoms with E-state index in [4.69, 9.17) is 5.73 Å². The highest BCUT2D eigenvalue weighted by molar-refractivity contribution is 7.88. The van der Waals surface area contributed by atoms with Crippen molar-refractivity contribution in [1.29, 1.82) is 0 Å². The molecule has 0 fully saturated rings. The lowest BCUT2D eigenvalue weighted by atomic mass is 10.1. The third kappa shape index (κ3) is 4.66. The molecular formula is C14H20N4O2S. The molecule has 0 spiro atoms. The molecule has 0 bridgehead atoms. The first-order chi connectivity index (χ1) is 10.00. The van der Waals surface area contributed by atoms with Crippen molar-refractivity contribution in [2.24, 2.45) is 12.8 Å². The second-order valence-corrected chi connectivity index (χ2v) is 6.68. The standard InChI is InChI=1S/C14H20N4O2S/c1-18-14(5-7-16-18)6-8-17-21(19,20)11-13-4-2-3-12(9-13)10-15/h2-5,7,9,17H,6,8,10-11,15H2,1H3. The van der Waals surface area contributed by atoms with Crippen LogP contribution in [0, 0.1) is 0 Å². The summed E-state index contributed by atoms with van der Waals surface area (Å²) in [5.41, 5.74) is 8.22. The summed E-state index contributed by atoms with van der Waals surface area (Å²) in [5, 5.41) is 4.05. The van der Waals surface area contributed by atoms with Gasteiger partial charge in [0.15, 0.2) is 0 Å². The predicted octanol–water partition coefficient (Wildman–Crippen LogP) is 0.541. The zero-order valence-electron chi connectivity index (χ0n) is 12.0. The highest BCUT2D eigenvalue weighted by Gasteiger charge is 2.11. The maximum Gasteiger partial charge on any atom is 0.215 e. The molecule has 0 aliphatic rings. The lowest BCUT2D eigenvalue weighted by molar-refractivity contribution is 0.579. The van der Waals surface area contributed by atoms with Crippen LogP contribution in [0.25, 0.3) is 0 Å². The third-order valence-corrected chi connectivity index (χ3v) is 4.57. The number of aryl methyl sites for hydroxylation is 1. The molecule has 0 aliphatic carbocycles. The van der Waals surface area contributed by atoms with Gasteiger partial charge in [-0.25, -0.2) is 13.1 Å². The number of nitrogens with one attached hydrogen (secondary N) is 1. The summed E-state index contributed by atoms with van der Waals surface area (Å²) in [4.78, 5) is 0. The van der Waals surface area contributed by atoms with Gasteiger partial charge in [0.1, 0.15) is 0 Å². The van der Waals surface area contributed by atoms with E-state index in [1.54, 1.807) is 16.9 Å². The monoisotopic (exact) mass is 308 g/mol. The van der Waals surface area contributed by atoms with Crippen LogP contribution >= 0.6 is 0 Å². The summed E-state index contributed by atoms with van der Waals surface area (Å²) in [6.45, 7) is 0.764. The quantitative estimate of drug-likeness (QED) is 0.781. The number of hydrogen-bond acceptors (Lipinski definition) is 4. The molecule has 1 aromatic carbocycles. The van der Waals surface area contributed by atoms with Crippen LogP contribution in [0.4, 0.5) is 0 Å². The van der Waals surface area contributed by atoms with Crippen molar-refractivity contribution < 1.29 is 8.42 Å². The largest absolute Gasteiger partial charge is 0.326 e. The molecule has 0 atom stereocenters. The molecule has 1 heterocycles. The first-order valence-corrected chi connectivity index (χ1v) is 8.37. The number of hydrogen-bond donors (Lipinski definition) is 2. The van der Waals surface area contributed by atoms with Crippen molar-refractivity contribution in [2.45, 2.75) is 18.7 Å². The Morgan fingerprint density at radius 3 is 2.71 bits per heavy atom. The summed E-state index contributed by atoms with van der Waals surface area (Å²) < 4.78 is 28.4. The molecule has 0 saturated carbocycles. The van der Waals surface area contributed by atoms with Gasteiger partial charge in [-0.3, -0.25) is 4.68 Å². The Kier molecular flexibility index (Phi) is 5.11. The predicted molar refractivity (Wildman–Crippen MR) is 81.9 cm³/mol. The van der Waals surface area contributed by atoms with Gasteiger partial charge < -0.3 is 5.73 Å². The minimum Gasteiger partial charge on any atom is -0.326 e. The van der Waals surface area contributed by atoms with Gasteiger partial charge in [0.05, 0.1) is 5.75 Å². The van der Waals surface area contributed by atoms with Crippen LogP contribution in [0.2, 0.25) is 0 Å². The van der Waals surface area contributed by atoms with Gasteiger partial charge in [-0.15, -0.1) is 0 Å². The number of sulfonamides is 1. The Balaban J connectivity index is 1.91. The van der Waals surface area contributed by atoms with Crippen molar-refractivity contribution >= 4 is 10.0 Å². The fourth-order valence-corrected chi connectivity index (χ4v) is 3.23. The summed E-state index contributed by atoms with van der Waals surface area (Å²) in [5.74, 6) is -0.0355. The zero-order valence-corrected chi connectivity index (χ0v) is 12.8. The minimum atomic E-state index is -3.35. The van der Waals surface area contributed by atoms with Crippen molar-refractivity contribution in [1.82, 2.24) is 14.5 Å². The number of nitrogens with zero attached hydrogens (tertiary/aromatic N) is 2. The summed E-state index contributed by atoms with van der Waals surface area (Å²) in [6, 6.07) is 9.19. The molecule has 114 valence electrons. The first kappa shape index (κ1) is 15.7. The van der Waals surface area contributed by atoms with Crippen molar-refractivity contribution in [2.75, 3.05) is 6.54 Å². The molecule has 2 aromatic rings. The molecule has 0 unspecified atom stereocenters. The van der Waals surface area contributed by atoms with E-state index in [1.807, 2.05) is 31.3 Å². The SMILES string of the molecule is Cn1nccc1CCNS(=O)(=O)Cc1cccc(CN)c1. The van der Waals surface area contributed by atoms with E-state index in [9.17, 15) is 8.42 Å². The molecule has 3 N–H and O–H groups in total. The second kappa shape index (κ2) is 6.84. The van der Waals surface area contributed by atoms with Gasteiger partial charge >= 0.3 is 0 Å². The molecule has 1 aromatic heterocycles. The number of aromatic nitrogens is 2. The highest BCUT2D eigenvalue weighted by Crippen LogP contribution is 2.08. The average molecular weight is 308 g/mol. The molecule has 2 rings (SSSR count). The number of rotatable bonds is 7. The highest BCUT2D eigenvalue weighted by atomic mass is 32.2. The average Bonchev–Trinajstić information content (AvgIpc) is 2.84. The van der Waals surface area contributed by atoms with Crippen LogP contribution in [0.1, 0.15) is 16.8 Å². The molecule has 0 radical (unpaired) electrons. The summed E-state index contributed by atoms with van der Waals surface area (Å²) >= 11 is 0. The van der Waals surface area contributed by atoms with Gasteiger partial charge in [0.2, 0.25) is 10.0 Å². The lowest BCUT2D eigenvalue weighted by Crippen LogP contribution is -2.27. The summed E-state index contributed by atoms with van der Waals surface area (Å²) in [7, 11) is -1.51. The van der Waals surface area contributed by atoms with Crippen LogP contribution in [0.5, 0.6) is 0 Å². The van der Waals surface area contributed by atoms with Gasteiger partial charge in [0, 0.05) is 38.4 Å². The van der Waals surface area contributed by atoms with E-state index >= 15 is 0 Å². The molecule has 0 aliphatic heterocycles. The number of nitrogens with two attached hydrogens (primary N) is 1. The van der Waals surface area contributed by atoms with Crippen molar-refractivity contribution in [3.63, 3.8) is 0 Å². The van der Waals surface area contributed by atoms with Crippen molar-refractivity contribution in [3.8, 4) is 0 Å².